The summed E-state index contributed by atoms with van der Waals surface area (Å²) in [4.78, 5) is 23.0. The molecule has 0 spiro atoms. The Morgan fingerprint density at radius 3 is 2.40 bits per heavy atom. The van der Waals surface area contributed by atoms with Crippen LogP contribution in [0.1, 0.15) is 66.6 Å². The van der Waals surface area contributed by atoms with Crippen molar-refractivity contribution >= 4 is 11.7 Å². The molecule has 0 aromatic rings. The van der Waals surface area contributed by atoms with Crippen LogP contribution in [0.5, 0.6) is 0 Å². The Morgan fingerprint density at radius 2 is 1.76 bits per heavy atom. The molecule has 0 aromatic carbocycles. The van der Waals surface area contributed by atoms with Gasteiger partial charge in [0.1, 0.15) is 5.78 Å². The van der Waals surface area contributed by atoms with Gasteiger partial charge >= 0.3 is 0 Å². The molecular weight excluding hydrogens is 322 g/mol. The Morgan fingerprint density at radius 1 is 1.08 bits per heavy atom. The number of amides is 1. The molecule has 25 heavy (non-hydrogen) atoms. The molecule has 1 saturated carbocycles. The van der Waals surface area contributed by atoms with E-state index in [1.165, 1.54) is 32.1 Å². The van der Waals surface area contributed by atoms with Crippen LogP contribution in [0, 0.1) is 5.92 Å². The number of ether oxygens (including phenoxy) is 2. The van der Waals surface area contributed by atoms with E-state index in [4.69, 9.17) is 14.6 Å². The topological polar surface area (TPSA) is 84.9 Å². The van der Waals surface area contributed by atoms with Crippen LogP contribution in [0.3, 0.4) is 0 Å². The maximum absolute atomic E-state index is 11.6. The molecule has 2 N–H and O–H groups in total. The SMILES string of the molecule is CC(C)C(=O)CCOCCNC(=O)CCCOC1CCCCC1.CO.[HH]. The van der Waals surface area contributed by atoms with Crippen molar-refractivity contribution in [3.8, 4) is 0 Å². The van der Waals surface area contributed by atoms with Gasteiger partial charge in [-0.15, -0.1) is 0 Å². The summed E-state index contributed by atoms with van der Waals surface area (Å²) in [6, 6.07) is 0. The van der Waals surface area contributed by atoms with Crippen molar-refractivity contribution in [2.45, 2.75) is 71.3 Å². The molecule has 0 aromatic heterocycles. The lowest BCUT2D eigenvalue weighted by Crippen LogP contribution is -2.27. The standard InChI is InChI=1S/C18H33NO4.CH4O.H2/c1-15(2)17(20)10-13-22-14-11-19-18(21)9-6-12-23-16-7-4-3-5-8-16;1-2;/h15-16H,3-14H2,1-2H3,(H,19,21);2H,1H3;1H. The Balaban J connectivity index is 0. The number of nitrogens with one attached hydrogen (secondary N) is 1. The first-order chi connectivity index (χ1) is 12.1. The predicted molar refractivity (Wildman–Crippen MR) is 101 cm³/mol. The number of carbonyl (C=O) groups excluding carboxylic acids is 2. The Kier molecular flexibility index (Phi) is 15.8. The van der Waals surface area contributed by atoms with Crippen molar-refractivity contribution < 1.29 is 25.6 Å². The van der Waals surface area contributed by atoms with Crippen molar-refractivity contribution in [1.82, 2.24) is 5.32 Å². The lowest BCUT2D eigenvalue weighted by Gasteiger charge is -2.21. The van der Waals surface area contributed by atoms with Gasteiger partial charge < -0.3 is 19.9 Å². The molecule has 1 aliphatic rings. The minimum absolute atomic E-state index is 0. The van der Waals surface area contributed by atoms with Gasteiger partial charge in [-0.1, -0.05) is 33.1 Å². The molecule has 1 aliphatic carbocycles. The second-order valence-corrected chi connectivity index (χ2v) is 6.57. The van der Waals surface area contributed by atoms with Gasteiger partial charge in [0.25, 0.3) is 0 Å². The van der Waals surface area contributed by atoms with Gasteiger partial charge in [-0.05, 0) is 19.3 Å². The van der Waals surface area contributed by atoms with Crippen LogP contribution in [0.2, 0.25) is 0 Å². The average molecular weight is 362 g/mol. The first-order valence-electron chi connectivity index (χ1n) is 9.53. The van der Waals surface area contributed by atoms with Crippen LogP contribution in [0.4, 0.5) is 0 Å². The molecule has 0 saturated heterocycles. The van der Waals surface area contributed by atoms with Crippen molar-refractivity contribution in [3.63, 3.8) is 0 Å². The highest BCUT2D eigenvalue weighted by Gasteiger charge is 2.13. The molecule has 1 fully saturated rings. The molecule has 6 heteroatoms. The van der Waals surface area contributed by atoms with Crippen molar-refractivity contribution in [2.24, 2.45) is 5.92 Å². The molecule has 1 amide bonds. The summed E-state index contributed by atoms with van der Waals surface area (Å²) in [7, 11) is 1.00. The van der Waals surface area contributed by atoms with Crippen LogP contribution in [0.25, 0.3) is 0 Å². The number of hydrogen-bond donors (Lipinski definition) is 2. The van der Waals surface area contributed by atoms with E-state index < -0.39 is 0 Å². The van der Waals surface area contributed by atoms with Gasteiger partial charge in [0.15, 0.2) is 0 Å². The zero-order chi connectivity index (χ0) is 18.9. The molecule has 0 aliphatic heterocycles. The molecule has 1 rings (SSSR count). The van der Waals surface area contributed by atoms with Gasteiger partial charge in [-0.3, -0.25) is 9.59 Å². The first-order valence-corrected chi connectivity index (χ1v) is 9.53. The zero-order valence-corrected chi connectivity index (χ0v) is 16.2. The summed E-state index contributed by atoms with van der Waals surface area (Å²) in [5.74, 6) is 0.320. The number of Topliss-reactive ketones (excluding diaryl/α,β-unsaturated/α-hetero) is 1. The van der Waals surface area contributed by atoms with Crippen molar-refractivity contribution in [1.29, 1.82) is 0 Å². The minimum atomic E-state index is 0. The maximum Gasteiger partial charge on any atom is 0.220 e. The highest BCUT2D eigenvalue weighted by atomic mass is 16.5. The lowest BCUT2D eigenvalue weighted by molar-refractivity contribution is -0.124. The third kappa shape index (κ3) is 13.9. The van der Waals surface area contributed by atoms with Crippen LogP contribution >= 0.6 is 0 Å². The fraction of sp³-hybridized carbons (Fsp3) is 0.895. The smallest absolute Gasteiger partial charge is 0.220 e. The van der Waals surface area contributed by atoms with Crippen LogP contribution in [-0.4, -0.2) is 56.4 Å². The van der Waals surface area contributed by atoms with Gasteiger partial charge in [-0.2, -0.15) is 0 Å². The molecule has 6 nitrogen and oxygen atoms in total. The van der Waals surface area contributed by atoms with E-state index >= 15 is 0 Å². The van der Waals surface area contributed by atoms with Gasteiger partial charge in [0.2, 0.25) is 5.91 Å². The molecule has 150 valence electrons. The number of rotatable bonds is 12. The summed E-state index contributed by atoms with van der Waals surface area (Å²) in [6.45, 7) is 5.84. The average Bonchev–Trinajstić information content (AvgIpc) is 2.64. The summed E-state index contributed by atoms with van der Waals surface area (Å²) >= 11 is 0. The number of aliphatic hydroxyl groups excluding tert-OH is 1. The highest BCUT2D eigenvalue weighted by molar-refractivity contribution is 5.80. The third-order valence-corrected chi connectivity index (χ3v) is 4.16. The molecule has 0 bridgehead atoms. The molecule has 0 heterocycles. The van der Waals surface area contributed by atoms with E-state index in [0.29, 0.717) is 45.3 Å². The number of carbonyl (C=O) groups is 2. The monoisotopic (exact) mass is 361 g/mol. The second kappa shape index (κ2) is 16.5. The van der Waals surface area contributed by atoms with Gasteiger partial charge in [-0.25, -0.2) is 0 Å². The fourth-order valence-electron chi connectivity index (χ4n) is 2.63. The maximum atomic E-state index is 11.6. The van der Waals surface area contributed by atoms with Crippen LogP contribution in [-0.2, 0) is 19.1 Å². The van der Waals surface area contributed by atoms with Crippen LogP contribution in [0.15, 0.2) is 0 Å². The Labute approximate surface area is 154 Å². The highest BCUT2D eigenvalue weighted by Crippen LogP contribution is 2.20. The van der Waals surface area contributed by atoms with E-state index in [9.17, 15) is 9.59 Å². The summed E-state index contributed by atoms with van der Waals surface area (Å²) < 4.78 is 11.1. The van der Waals surface area contributed by atoms with E-state index in [1.54, 1.807) is 0 Å². The van der Waals surface area contributed by atoms with E-state index in [0.717, 1.165) is 13.5 Å². The first kappa shape index (κ1) is 24.0. The number of aliphatic hydroxyl groups is 1. The third-order valence-electron chi connectivity index (χ3n) is 4.16. The van der Waals surface area contributed by atoms with Crippen molar-refractivity contribution in [3.05, 3.63) is 0 Å². The number of ketones is 1. The Hall–Kier alpha value is -0.980. The predicted octanol–water partition coefficient (Wildman–Crippen LogP) is 2.72. The summed E-state index contributed by atoms with van der Waals surface area (Å²) in [5.41, 5.74) is 0. The summed E-state index contributed by atoms with van der Waals surface area (Å²) in [6.07, 6.45) is 8.34. The lowest BCUT2D eigenvalue weighted by atomic mass is 9.98. The number of hydrogen-bond acceptors (Lipinski definition) is 5. The fourth-order valence-corrected chi connectivity index (χ4v) is 2.63. The van der Waals surface area contributed by atoms with E-state index in [1.807, 2.05) is 13.8 Å². The summed E-state index contributed by atoms with van der Waals surface area (Å²) in [5, 5.41) is 9.83. The quantitative estimate of drug-likeness (QED) is 0.522. The van der Waals surface area contributed by atoms with E-state index in [2.05, 4.69) is 5.32 Å². The zero-order valence-electron chi connectivity index (χ0n) is 16.2. The van der Waals surface area contributed by atoms with E-state index in [-0.39, 0.29) is 19.0 Å². The minimum Gasteiger partial charge on any atom is -0.400 e. The second-order valence-electron chi connectivity index (χ2n) is 6.57. The van der Waals surface area contributed by atoms with Gasteiger partial charge in [0.05, 0.1) is 19.3 Å². The van der Waals surface area contributed by atoms with Crippen molar-refractivity contribution in [2.75, 3.05) is 33.5 Å². The molecule has 0 atom stereocenters. The molecule has 0 radical (unpaired) electrons. The molecular formula is C19H39NO5. The molecule has 0 unspecified atom stereocenters. The normalized spacial score (nSPS) is 14.8. The van der Waals surface area contributed by atoms with Crippen LogP contribution < -0.4 is 5.32 Å². The largest absolute Gasteiger partial charge is 0.400 e. The Bertz CT molecular complexity index is 347. The van der Waals surface area contributed by atoms with Gasteiger partial charge in [0, 0.05) is 40.4 Å².